The van der Waals surface area contributed by atoms with Crippen molar-refractivity contribution in [2.75, 3.05) is 11.9 Å². The number of aryl methyl sites for hydroxylation is 1. The highest BCUT2D eigenvalue weighted by Crippen LogP contribution is 2.18. The van der Waals surface area contributed by atoms with Crippen LogP contribution < -0.4 is 5.32 Å². The minimum atomic E-state index is -0.590. The number of nitrogens with one attached hydrogen (secondary N) is 1. The number of carbonyl (C=O) groups excluding carboxylic acids is 2. The quantitative estimate of drug-likeness (QED) is 0.831. The monoisotopic (exact) mass is 313 g/mol. The summed E-state index contributed by atoms with van der Waals surface area (Å²) >= 11 is 2.16. The molecule has 2 rings (SSSR count). The van der Waals surface area contributed by atoms with Crippen LogP contribution in [0.5, 0.6) is 0 Å². The Hall–Kier alpha value is -1.94. The Balaban J connectivity index is 2.04. The smallest absolute Gasteiger partial charge is 0.369 e. The van der Waals surface area contributed by atoms with Gasteiger partial charge in [-0.15, -0.1) is 20.4 Å². The first-order valence-corrected chi connectivity index (χ1v) is 7.41. The Morgan fingerprint density at radius 1 is 1.10 bits per heavy atom. The third-order valence-electron chi connectivity index (χ3n) is 2.06. The fraction of sp³-hybridized carbons (Fsp3) is 0.400. The fourth-order valence-electron chi connectivity index (χ4n) is 1.19. The molecule has 106 valence electrons. The van der Waals surface area contributed by atoms with Gasteiger partial charge in [-0.2, -0.15) is 0 Å². The molecule has 0 aliphatic heterocycles. The summed E-state index contributed by atoms with van der Waals surface area (Å²) in [6.07, 6.45) is 0.749. The van der Waals surface area contributed by atoms with Gasteiger partial charge in [0.05, 0.1) is 6.61 Å². The molecule has 0 saturated carbocycles. The molecule has 1 amide bonds. The molecule has 2 aromatic rings. The molecule has 0 bridgehead atoms. The van der Waals surface area contributed by atoms with E-state index in [9.17, 15) is 9.59 Å². The van der Waals surface area contributed by atoms with E-state index in [1.807, 2.05) is 6.92 Å². The van der Waals surface area contributed by atoms with Crippen LogP contribution in [0.4, 0.5) is 5.13 Å². The van der Waals surface area contributed by atoms with Crippen LogP contribution in [0.1, 0.15) is 38.5 Å². The van der Waals surface area contributed by atoms with Gasteiger partial charge >= 0.3 is 5.97 Å². The highest BCUT2D eigenvalue weighted by Gasteiger charge is 2.19. The first kappa shape index (κ1) is 14.5. The maximum atomic E-state index is 11.9. The van der Waals surface area contributed by atoms with Crippen LogP contribution >= 0.6 is 22.7 Å². The molecule has 0 radical (unpaired) electrons. The maximum absolute atomic E-state index is 11.9. The van der Waals surface area contributed by atoms with Gasteiger partial charge in [-0.05, 0) is 13.3 Å². The third-order valence-corrected chi connectivity index (χ3v) is 3.94. The number of rotatable bonds is 5. The van der Waals surface area contributed by atoms with Crippen LogP contribution in [0.15, 0.2) is 0 Å². The molecule has 0 aliphatic carbocycles. The molecule has 20 heavy (non-hydrogen) atoms. The second kappa shape index (κ2) is 6.48. The molecule has 1 N–H and O–H groups in total. The molecule has 0 atom stereocenters. The van der Waals surface area contributed by atoms with E-state index in [0.29, 0.717) is 5.13 Å². The number of esters is 1. The normalized spacial score (nSPS) is 10.3. The van der Waals surface area contributed by atoms with E-state index in [-0.39, 0.29) is 16.6 Å². The Morgan fingerprint density at radius 2 is 1.85 bits per heavy atom. The van der Waals surface area contributed by atoms with E-state index >= 15 is 0 Å². The second-order valence-corrected chi connectivity index (χ2v) is 5.48. The van der Waals surface area contributed by atoms with Gasteiger partial charge in [-0.1, -0.05) is 29.6 Å². The third kappa shape index (κ3) is 3.33. The predicted octanol–water partition coefficient (Wildman–Crippen LogP) is 1.38. The van der Waals surface area contributed by atoms with Crippen molar-refractivity contribution in [1.82, 2.24) is 20.4 Å². The van der Waals surface area contributed by atoms with Crippen molar-refractivity contribution in [3.05, 3.63) is 15.0 Å². The van der Waals surface area contributed by atoms with E-state index in [0.717, 1.165) is 22.8 Å². The zero-order chi connectivity index (χ0) is 14.5. The van der Waals surface area contributed by atoms with Crippen molar-refractivity contribution in [3.8, 4) is 0 Å². The molecular formula is C10H11N5O3S2. The summed E-state index contributed by atoms with van der Waals surface area (Å²) in [7, 11) is 0. The summed E-state index contributed by atoms with van der Waals surface area (Å²) in [5.74, 6) is -1.06. The van der Waals surface area contributed by atoms with Gasteiger partial charge in [0.2, 0.25) is 15.1 Å². The van der Waals surface area contributed by atoms with Gasteiger partial charge in [-0.25, -0.2) is 4.79 Å². The fourth-order valence-corrected chi connectivity index (χ4v) is 2.49. The highest BCUT2D eigenvalue weighted by molar-refractivity contribution is 7.16. The average molecular weight is 313 g/mol. The molecule has 0 fully saturated rings. The minimum absolute atomic E-state index is 0.0449. The first-order chi connectivity index (χ1) is 9.63. The largest absolute Gasteiger partial charge is 0.461 e. The van der Waals surface area contributed by atoms with Crippen molar-refractivity contribution in [1.29, 1.82) is 0 Å². The average Bonchev–Trinajstić information content (AvgIpc) is 3.07. The van der Waals surface area contributed by atoms with Gasteiger partial charge in [0.25, 0.3) is 5.91 Å². The van der Waals surface area contributed by atoms with Crippen molar-refractivity contribution in [2.45, 2.75) is 20.3 Å². The van der Waals surface area contributed by atoms with Crippen LogP contribution in [0.25, 0.3) is 0 Å². The predicted molar refractivity (Wildman–Crippen MR) is 73.1 cm³/mol. The molecule has 2 aromatic heterocycles. The maximum Gasteiger partial charge on any atom is 0.369 e. The van der Waals surface area contributed by atoms with Crippen molar-refractivity contribution >= 4 is 39.7 Å². The minimum Gasteiger partial charge on any atom is -0.461 e. The van der Waals surface area contributed by atoms with Crippen molar-refractivity contribution < 1.29 is 14.3 Å². The number of ether oxygens (including phenoxy) is 1. The molecule has 0 spiro atoms. The number of anilines is 1. The lowest BCUT2D eigenvalue weighted by Gasteiger charge is -1.95. The van der Waals surface area contributed by atoms with E-state index in [1.165, 1.54) is 11.3 Å². The van der Waals surface area contributed by atoms with E-state index in [2.05, 4.69) is 25.7 Å². The lowest BCUT2D eigenvalue weighted by molar-refractivity contribution is 0.0525. The molecular weight excluding hydrogens is 302 g/mol. The number of hydrogen-bond acceptors (Lipinski definition) is 9. The van der Waals surface area contributed by atoms with Crippen LogP contribution in [0, 0.1) is 0 Å². The topological polar surface area (TPSA) is 107 Å². The lowest BCUT2D eigenvalue weighted by Crippen LogP contribution is -2.11. The van der Waals surface area contributed by atoms with Crippen LogP contribution in [-0.2, 0) is 11.2 Å². The van der Waals surface area contributed by atoms with Crippen LogP contribution in [0.3, 0.4) is 0 Å². The summed E-state index contributed by atoms with van der Waals surface area (Å²) in [5, 5.41) is 18.9. The van der Waals surface area contributed by atoms with E-state index < -0.39 is 11.9 Å². The zero-order valence-corrected chi connectivity index (χ0v) is 12.4. The first-order valence-electron chi connectivity index (χ1n) is 5.78. The summed E-state index contributed by atoms with van der Waals surface area (Å²) in [6.45, 7) is 3.88. The summed E-state index contributed by atoms with van der Waals surface area (Å²) < 4.78 is 4.77. The summed E-state index contributed by atoms with van der Waals surface area (Å²) in [5.41, 5.74) is 0. The second-order valence-electron chi connectivity index (χ2n) is 3.44. The molecule has 0 unspecified atom stereocenters. The summed E-state index contributed by atoms with van der Waals surface area (Å²) in [6, 6.07) is 0. The Labute approximate surface area is 122 Å². The zero-order valence-electron chi connectivity index (χ0n) is 10.7. The van der Waals surface area contributed by atoms with E-state index in [1.54, 1.807) is 6.92 Å². The number of nitrogens with zero attached hydrogens (tertiary/aromatic N) is 4. The molecule has 2 heterocycles. The van der Waals surface area contributed by atoms with Crippen LogP contribution in [-0.4, -0.2) is 38.9 Å². The van der Waals surface area contributed by atoms with Gasteiger partial charge in [0.1, 0.15) is 5.01 Å². The molecule has 0 aliphatic rings. The van der Waals surface area contributed by atoms with Crippen molar-refractivity contribution in [3.63, 3.8) is 0 Å². The highest BCUT2D eigenvalue weighted by atomic mass is 32.1. The van der Waals surface area contributed by atoms with Gasteiger partial charge in [0, 0.05) is 0 Å². The summed E-state index contributed by atoms with van der Waals surface area (Å²) in [4.78, 5) is 23.3. The van der Waals surface area contributed by atoms with Gasteiger partial charge < -0.3 is 4.74 Å². The molecule has 0 saturated heterocycles. The number of aromatic nitrogens is 4. The Kier molecular flexibility index (Phi) is 4.69. The lowest BCUT2D eigenvalue weighted by atomic mass is 10.5. The molecule has 0 aromatic carbocycles. The Morgan fingerprint density at radius 3 is 2.50 bits per heavy atom. The molecule has 10 heteroatoms. The van der Waals surface area contributed by atoms with Gasteiger partial charge in [0.15, 0.2) is 0 Å². The number of hydrogen-bond donors (Lipinski definition) is 1. The number of amides is 1. The van der Waals surface area contributed by atoms with Crippen LogP contribution in [0.2, 0.25) is 0 Å². The van der Waals surface area contributed by atoms with Crippen molar-refractivity contribution in [2.24, 2.45) is 0 Å². The van der Waals surface area contributed by atoms with E-state index in [4.69, 9.17) is 4.74 Å². The Bertz CT molecular complexity index is 624. The van der Waals surface area contributed by atoms with Gasteiger partial charge in [-0.3, -0.25) is 10.1 Å². The molecule has 8 nitrogen and oxygen atoms in total. The number of carbonyl (C=O) groups is 2. The SMILES string of the molecule is CCOC(=O)c1nnc(C(=O)Nc2nnc(CC)s2)s1. The standard InChI is InChI=1S/C10H11N5O3S2/c1-3-5-12-15-10(19-5)11-6(16)7-13-14-8(20-7)9(17)18-4-2/h3-4H2,1-2H3,(H,11,15,16).